The fourth-order valence-corrected chi connectivity index (χ4v) is 1.44. The first-order valence-electron chi connectivity index (χ1n) is 4.27. The molecule has 0 fully saturated rings. The summed E-state index contributed by atoms with van der Waals surface area (Å²) in [5.41, 5.74) is 2.24. The SMILES string of the molecule is C=CCc1cccc2c1OCN=C2. The standard InChI is InChI=1S/C11H11NO/c1-2-4-9-5-3-6-10-7-12-8-13-11(9)10/h2-3,5-7H,1,4,8H2. The second-order valence-electron chi connectivity index (χ2n) is 2.91. The first-order valence-corrected chi connectivity index (χ1v) is 4.27. The molecule has 2 heteroatoms. The van der Waals surface area contributed by atoms with Crippen LogP contribution in [-0.4, -0.2) is 12.9 Å². The van der Waals surface area contributed by atoms with Crippen molar-refractivity contribution in [2.45, 2.75) is 6.42 Å². The van der Waals surface area contributed by atoms with E-state index >= 15 is 0 Å². The summed E-state index contributed by atoms with van der Waals surface area (Å²) >= 11 is 0. The zero-order chi connectivity index (χ0) is 9.10. The van der Waals surface area contributed by atoms with Gasteiger partial charge in [0.1, 0.15) is 5.75 Å². The highest BCUT2D eigenvalue weighted by Gasteiger charge is 2.09. The Hall–Kier alpha value is -1.57. The highest BCUT2D eigenvalue weighted by molar-refractivity contribution is 5.85. The molecule has 0 aliphatic carbocycles. The first kappa shape index (κ1) is 8.05. The number of hydrogen-bond acceptors (Lipinski definition) is 2. The van der Waals surface area contributed by atoms with Crippen molar-refractivity contribution in [3.05, 3.63) is 42.0 Å². The summed E-state index contributed by atoms with van der Waals surface area (Å²) in [6.07, 6.45) is 4.58. The molecule has 0 saturated heterocycles. The van der Waals surface area contributed by atoms with Gasteiger partial charge in [-0.1, -0.05) is 18.2 Å². The molecule has 0 saturated carbocycles. The molecule has 0 unspecified atom stereocenters. The van der Waals surface area contributed by atoms with Gasteiger partial charge < -0.3 is 4.74 Å². The van der Waals surface area contributed by atoms with E-state index in [9.17, 15) is 0 Å². The lowest BCUT2D eigenvalue weighted by Gasteiger charge is -2.14. The van der Waals surface area contributed by atoms with Crippen LogP contribution < -0.4 is 4.74 Å². The predicted octanol–water partition coefficient (Wildman–Crippen LogP) is 2.18. The molecule has 0 N–H and O–H groups in total. The summed E-state index contributed by atoms with van der Waals surface area (Å²) in [7, 11) is 0. The summed E-state index contributed by atoms with van der Waals surface area (Å²) in [5, 5.41) is 0. The van der Waals surface area contributed by atoms with Gasteiger partial charge in [0, 0.05) is 11.8 Å². The molecule has 2 rings (SSSR count). The van der Waals surface area contributed by atoms with E-state index in [0.29, 0.717) is 6.73 Å². The van der Waals surface area contributed by atoms with Crippen molar-refractivity contribution in [3.8, 4) is 5.75 Å². The lowest BCUT2D eigenvalue weighted by Crippen LogP contribution is -2.06. The molecule has 13 heavy (non-hydrogen) atoms. The van der Waals surface area contributed by atoms with Gasteiger partial charge in [0.15, 0.2) is 6.73 Å². The van der Waals surface area contributed by atoms with Crippen LogP contribution in [0.5, 0.6) is 5.75 Å². The second kappa shape index (κ2) is 3.44. The number of benzene rings is 1. The Labute approximate surface area is 77.6 Å². The minimum Gasteiger partial charge on any atom is -0.470 e. The number of allylic oxidation sites excluding steroid dienone is 1. The van der Waals surface area contributed by atoms with Crippen LogP contribution in [0.25, 0.3) is 0 Å². The minimum atomic E-state index is 0.432. The zero-order valence-corrected chi connectivity index (χ0v) is 7.36. The van der Waals surface area contributed by atoms with Gasteiger partial charge in [0.25, 0.3) is 0 Å². The molecule has 0 aromatic heterocycles. The molecule has 1 aromatic rings. The topological polar surface area (TPSA) is 21.6 Å². The Morgan fingerprint density at radius 2 is 2.46 bits per heavy atom. The second-order valence-corrected chi connectivity index (χ2v) is 2.91. The van der Waals surface area contributed by atoms with Crippen LogP contribution in [0.1, 0.15) is 11.1 Å². The van der Waals surface area contributed by atoms with Gasteiger partial charge in [-0.2, -0.15) is 0 Å². The predicted molar refractivity (Wildman–Crippen MR) is 53.4 cm³/mol. The molecule has 0 radical (unpaired) electrons. The van der Waals surface area contributed by atoms with Crippen molar-refractivity contribution in [2.24, 2.45) is 4.99 Å². The van der Waals surface area contributed by atoms with Crippen LogP contribution in [0, 0.1) is 0 Å². The van der Waals surface area contributed by atoms with E-state index in [1.807, 2.05) is 24.4 Å². The summed E-state index contributed by atoms with van der Waals surface area (Å²) < 4.78 is 5.46. The Morgan fingerprint density at radius 3 is 3.31 bits per heavy atom. The van der Waals surface area contributed by atoms with E-state index in [-0.39, 0.29) is 0 Å². The number of para-hydroxylation sites is 1. The molecule has 0 atom stereocenters. The van der Waals surface area contributed by atoms with Crippen molar-refractivity contribution in [2.75, 3.05) is 6.73 Å². The van der Waals surface area contributed by atoms with Gasteiger partial charge in [0.2, 0.25) is 0 Å². The Bertz CT molecular complexity index is 355. The Balaban J connectivity index is 2.46. The first-order chi connectivity index (χ1) is 6.42. The van der Waals surface area contributed by atoms with Crippen LogP contribution in [0.4, 0.5) is 0 Å². The van der Waals surface area contributed by atoms with Gasteiger partial charge in [-0.25, -0.2) is 0 Å². The fraction of sp³-hybridized carbons (Fsp3) is 0.182. The summed E-state index contributed by atoms with van der Waals surface area (Å²) in [6.45, 7) is 4.15. The number of hydrogen-bond donors (Lipinski definition) is 0. The third-order valence-corrected chi connectivity index (χ3v) is 2.01. The zero-order valence-electron chi connectivity index (χ0n) is 7.36. The average Bonchev–Trinajstić information content (AvgIpc) is 2.19. The van der Waals surface area contributed by atoms with Crippen molar-refractivity contribution >= 4 is 6.21 Å². The van der Waals surface area contributed by atoms with Crippen molar-refractivity contribution in [1.29, 1.82) is 0 Å². The quantitative estimate of drug-likeness (QED) is 0.628. The molecular weight excluding hydrogens is 162 g/mol. The van der Waals surface area contributed by atoms with Crippen LogP contribution in [0.2, 0.25) is 0 Å². The van der Waals surface area contributed by atoms with E-state index in [2.05, 4.69) is 17.6 Å². The number of fused-ring (bicyclic) bond motifs is 1. The highest BCUT2D eigenvalue weighted by atomic mass is 16.5. The van der Waals surface area contributed by atoms with E-state index < -0.39 is 0 Å². The molecule has 0 amide bonds. The fourth-order valence-electron chi connectivity index (χ4n) is 1.44. The van der Waals surface area contributed by atoms with Crippen LogP contribution >= 0.6 is 0 Å². The molecule has 1 aliphatic heterocycles. The molecule has 1 aliphatic rings. The van der Waals surface area contributed by atoms with Crippen LogP contribution in [-0.2, 0) is 6.42 Å². The monoisotopic (exact) mass is 173 g/mol. The van der Waals surface area contributed by atoms with Gasteiger partial charge in [-0.3, -0.25) is 4.99 Å². The molecule has 1 heterocycles. The molecule has 0 bridgehead atoms. The maximum atomic E-state index is 5.46. The van der Waals surface area contributed by atoms with Crippen LogP contribution in [0.15, 0.2) is 35.8 Å². The van der Waals surface area contributed by atoms with Crippen molar-refractivity contribution < 1.29 is 4.74 Å². The van der Waals surface area contributed by atoms with Crippen molar-refractivity contribution in [3.63, 3.8) is 0 Å². The third kappa shape index (κ3) is 1.47. The summed E-state index contributed by atoms with van der Waals surface area (Å²) in [4.78, 5) is 4.05. The van der Waals surface area contributed by atoms with Crippen LogP contribution in [0.3, 0.4) is 0 Å². The number of aliphatic imine (C=N–C) groups is 1. The number of nitrogens with zero attached hydrogens (tertiary/aromatic N) is 1. The maximum absolute atomic E-state index is 5.46. The summed E-state index contributed by atoms with van der Waals surface area (Å²) in [5.74, 6) is 0.956. The largest absolute Gasteiger partial charge is 0.470 e. The van der Waals surface area contributed by atoms with E-state index in [1.54, 1.807) is 0 Å². The number of rotatable bonds is 2. The average molecular weight is 173 g/mol. The van der Waals surface area contributed by atoms with E-state index in [0.717, 1.165) is 17.7 Å². The Kier molecular flexibility index (Phi) is 2.13. The Morgan fingerprint density at radius 1 is 1.54 bits per heavy atom. The minimum absolute atomic E-state index is 0.432. The van der Waals surface area contributed by atoms with Gasteiger partial charge >= 0.3 is 0 Å². The van der Waals surface area contributed by atoms with Gasteiger partial charge in [0.05, 0.1) is 0 Å². The highest BCUT2D eigenvalue weighted by Crippen LogP contribution is 2.25. The lowest BCUT2D eigenvalue weighted by atomic mass is 10.1. The molecule has 66 valence electrons. The third-order valence-electron chi connectivity index (χ3n) is 2.01. The summed E-state index contributed by atoms with van der Waals surface area (Å²) in [6, 6.07) is 6.07. The smallest absolute Gasteiger partial charge is 0.179 e. The van der Waals surface area contributed by atoms with Gasteiger partial charge in [-0.05, 0) is 18.1 Å². The maximum Gasteiger partial charge on any atom is 0.179 e. The van der Waals surface area contributed by atoms with E-state index in [1.165, 1.54) is 5.56 Å². The number of ether oxygens (including phenoxy) is 1. The van der Waals surface area contributed by atoms with Gasteiger partial charge in [-0.15, -0.1) is 6.58 Å². The van der Waals surface area contributed by atoms with E-state index in [4.69, 9.17) is 4.74 Å². The normalized spacial score (nSPS) is 13.2. The lowest BCUT2D eigenvalue weighted by molar-refractivity contribution is 0.323. The van der Waals surface area contributed by atoms with Crippen molar-refractivity contribution in [1.82, 2.24) is 0 Å². The molecular formula is C11H11NO. The molecule has 1 aromatic carbocycles. The molecule has 2 nitrogen and oxygen atoms in total. The molecule has 0 spiro atoms.